The number of hydrogen-bond acceptors (Lipinski definition) is 7. The van der Waals surface area contributed by atoms with Crippen LogP contribution < -0.4 is 10.6 Å². The smallest absolute Gasteiger partial charge is 0.272 e. The first-order chi connectivity index (χ1) is 15.0. The van der Waals surface area contributed by atoms with Gasteiger partial charge in [0.1, 0.15) is 17.8 Å². The number of carbonyl (C=O) groups is 1. The van der Waals surface area contributed by atoms with Crippen molar-refractivity contribution in [2.45, 2.75) is 25.4 Å². The molecule has 3 aromatic rings. The number of nitrogens with zero attached hydrogens (tertiary/aromatic N) is 4. The fourth-order valence-corrected chi connectivity index (χ4v) is 3.54. The highest BCUT2D eigenvalue weighted by Crippen LogP contribution is 2.19. The molecule has 0 saturated carbocycles. The van der Waals surface area contributed by atoms with Crippen molar-refractivity contribution in [1.82, 2.24) is 24.8 Å². The molecule has 2 atom stereocenters. The average molecular weight is 511 g/mol. The van der Waals surface area contributed by atoms with Gasteiger partial charge in [0.25, 0.3) is 5.91 Å². The van der Waals surface area contributed by atoms with Crippen molar-refractivity contribution in [3.8, 4) is 5.82 Å². The number of aliphatic hydroxyl groups excluding tert-OH is 1. The average Bonchev–Trinajstić information content (AvgIpc) is 3.45. The first-order valence-corrected chi connectivity index (χ1v) is 10.3. The molecule has 0 spiro atoms. The summed E-state index contributed by atoms with van der Waals surface area (Å²) in [6.45, 7) is 2.97. The van der Waals surface area contributed by atoms with Crippen molar-refractivity contribution in [2.24, 2.45) is 0 Å². The van der Waals surface area contributed by atoms with E-state index in [1.54, 1.807) is 41.2 Å². The second kappa shape index (κ2) is 12.2. The highest BCUT2D eigenvalue weighted by Gasteiger charge is 2.19. The van der Waals surface area contributed by atoms with Gasteiger partial charge in [-0.15, -0.1) is 0 Å². The van der Waals surface area contributed by atoms with E-state index in [1.807, 2.05) is 6.92 Å². The number of benzene rings is 1. The number of nitrogens with one attached hydrogen (secondary N) is 2. The monoisotopic (exact) mass is 510 g/mol. The minimum atomic E-state index is -0.596. The summed E-state index contributed by atoms with van der Waals surface area (Å²) in [4.78, 5) is 25.8. The number of carbonyl (C=O) groups excluding carboxylic acids is 1. The molecule has 1 amide bonds. The number of rotatable bonds is 7. The molecule has 3 N–H and O–H groups in total. The van der Waals surface area contributed by atoms with E-state index in [2.05, 4.69) is 25.6 Å². The van der Waals surface area contributed by atoms with E-state index in [0.717, 1.165) is 18.6 Å². The summed E-state index contributed by atoms with van der Waals surface area (Å²) in [5.74, 6) is 0.708. The van der Waals surface area contributed by atoms with Gasteiger partial charge in [-0.25, -0.2) is 9.97 Å². The normalized spacial score (nSPS) is 15.8. The van der Waals surface area contributed by atoms with Crippen LogP contribution in [0.2, 0.25) is 5.02 Å². The Kier molecular flexibility index (Phi) is 9.99. The third-order valence-corrected chi connectivity index (χ3v) is 5.24. The van der Waals surface area contributed by atoms with Gasteiger partial charge in [-0.3, -0.25) is 9.36 Å². The molecule has 0 unspecified atom stereocenters. The van der Waals surface area contributed by atoms with Crippen molar-refractivity contribution < 1.29 is 14.6 Å². The number of aryl methyl sites for hydroxylation is 1. The van der Waals surface area contributed by atoms with E-state index in [-0.39, 0.29) is 45.3 Å². The van der Waals surface area contributed by atoms with Gasteiger partial charge in [0.15, 0.2) is 0 Å². The Morgan fingerprint density at radius 3 is 2.88 bits per heavy atom. The fourth-order valence-electron chi connectivity index (χ4n) is 3.34. The lowest BCUT2D eigenvalue weighted by Crippen LogP contribution is -2.31. The van der Waals surface area contributed by atoms with Gasteiger partial charge in [-0.05, 0) is 31.0 Å². The maximum atomic E-state index is 12.7. The topological polar surface area (TPSA) is 114 Å². The lowest BCUT2D eigenvalue weighted by atomic mass is 10.1. The molecule has 9 nitrogen and oxygen atoms in total. The molecule has 0 bridgehead atoms. The first-order valence-electron chi connectivity index (χ1n) is 9.93. The second-order valence-electron chi connectivity index (χ2n) is 7.33. The lowest BCUT2D eigenvalue weighted by molar-refractivity contribution is 0.0911. The Morgan fingerprint density at radius 2 is 2.18 bits per heavy atom. The maximum absolute atomic E-state index is 12.7. The molecule has 4 rings (SSSR count). The fraction of sp³-hybridized carbons (Fsp3) is 0.333. The zero-order chi connectivity index (χ0) is 21.8. The Labute approximate surface area is 210 Å². The van der Waals surface area contributed by atoms with Crippen molar-refractivity contribution >= 4 is 50.4 Å². The number of ether oxygens (including phenoxy) is 1. The second-order valence-corrected chi connectivity index (χ2v) is 7.77. The Bertz CT molecular complexity index is 1080. The van der Waals surface area contributed by atoms with Crippen molar-refractivity contribution in [2.75, 3.05) is 25.1 Å². The molecule has 12 heteroatoms. The van der Waals surface area contributed by atoms with E-state index in [0.29, 0.717) is 29.0 Å². The number of halogens is 1. The number of aliphatic hydroxyl groups is 1. The Morgan fingerprint density at radius 1 is 1.36 bits per heavy atom. The van der Waals surface area contributed by atoms with Crippen LogP contribution in [0.15, 0.2) is 43.0 Å². The first kappa shape index (κ1) is 26.9. The van der Waals surface area contributed by atoms with Gasteiger partial charge >= 0.3 is 0 Å². The van der Waals surface area contributed by atoms with Crippen LogP contribution >= 0.6 is 38.6 Å². The predicted octanol–water partition coefficient (Wildman–Crippen LogP) is 2.51. The van der Waals surface area contributed by atoms with Gasteiger partial charge in [0.2, 0.25) is 5.95 Å². The van der Waals surface area contributed by atoms with Crippen LogP contribution in [0.4, 0.5) is 5.95 Å². The molecule has 1 fully saturated rings. The third kappa shape index (κ3) is 6.61. The largest absolute Gasteiger partial charge is 0.394 e. The summed E-state index contributed by atoms with van der Waals surface area (Å²) in [6.07, 6.45) is 5.75. The minimum Gasteiger partial charge on any atom is -0.394 e. The van der Waals surface area contributed by atoms with Gasteiger partial charge < -0.3 is 20.5 Å². The molecule has 1 aromatic carbocycles. The van der Waals surface area contributed by atoms with Gasteiger partial charge in [0, 0.05) is 29.6 Å². The highest BCUT2D eigenvalue weighted by molar-refractivity contribution is 7.59. The number of imidazole rings is 1. The van der Waals surface area contributed by atoms with Crippen LogP contribution in [0, 0.1) is 6.92 Å². The van der Waals surface area contributed by atoms with Crippen LogP contribution in [-0.2, 0) is 4.74 Å². The number of anilines is 1. The van der Waals surface area contributed by atoms with Crippen LogP contribution in [-0.4, -0.2) is 56.4 Å². The molecule has 178 valence electrons. The standard InChI is InChI=1S/C21H23ClN6O3.2H2S/c1-13-8-23-21(25-16-5-6-31-11-16)27-19(13)28-9-17(24-12-28)20(30)26-18(10-29)14-3-2-4-15(22)7-14;;/h2-4,7-9,12,16,18,29H,5-6,10-11H2,1H3,(H,26,30)(H,23,25,27);2*1H2/t16-,18+;;/m0../s1. The van der Waals surface area contributed by atoms with E-state index >= 15 is 0 Å². The predicted molar refractivity (Wildman–Crippen MR) is 136 cm³/mol. The van der Waals surface area contributed by atoms with Gasteiger partial charge in [0.05, 0.1) is 25.3 Å². The zero-order valence-electron chi connectivity index (χ0n) is 18.0. The van der Waals surface area contributed by atoms with Gasteiger partial charge in [-0.1, -0.05) is 23.7 Å². The van der Waals surface area contributed by atoms with Crippen molar-refractivity contribution in [1.29, 1.82) is 0 Å². The SMILES string of the molecule is Cc1cnc(N[C@H]2CCOC2)nc1-n1cnc(C(=O)N[C@H](CO)c2cccc(Cl)c2)c1.S.S. The van der Waals surface area contributed by atoms with E-state index in [1.165, 1.54) is 6.33 Å². The molecule has 3 heterocycles. The van der Waals surface area contributed by atoms with Crippen molar-refractivity contribution in [3.63, 3.8) is 0 Å². The zero-order valence-corrected chi connectivity index (χ0v) is 20.7. The van der Waals surface area contributed by atoms with Gasteiger partial charge in [-0.2, -0.15) is 32.0 Å². The molecular weight excluding hydrogens is 484 g/mol. The van der Waals surface area contributed by atoms with Crippen LogP contribution in [0.1, 0.15) is 34.1 Å². The molecule has 1 saturated heterocycles. The van der Waals surface area contributed by atoms with Crippen LogP contribution in [0.3, 0.4) is 0 Å². The Balaban J connectivity index is 0.00000193. The van der Waals surface area contributed by atoms with Crippen LogP contribution in [0.25, 0.3) is 5.82 Å². The molecule has 1 aliphatic rings. The summed E-state index contributed by atoms with van der Waals surface area (Å²) in [6, 6.07) is 6.58. The number of amides is 1. The van der Waals surface area contributed by atoms with Crippen LogP contribution in [0.5, 0.6) is 0 Å². The minimum absolute atomic E-state index is 0. The van der Waals surface area contributed by atoms with Crippen molar-refractivity contribution in [3.05, 3.63) is 64.8 Å². The molecule has 1 aliphatic heterocycles. The Hall–Kier alpha value is -2.31. The summed E-state index contributed by atoms with van der Waals surface area (Å²) in [5.41, 5.74) is 1.75. The lowest BCUT2D eigenvalue weighted by Gasteiger charge is -2.16. The summed E-state index contributed by atoms with van der Waals surface area (Å²) >= 11 is 6.02. The molecule has 33 heavy (non-hydrogen) atoms. The van der Waals surface area contributed by atoms with E-state index in [9.17, 15) is 9.90 Å². The van der Waals surface area contributed by atoms with E-state index in [4.69, 9.17) is 16.3 Å². The highest BCUT2D eigenvalue weighted by atomic mass is 35.5. The maximum Gasteiger partial charge on any atom is 0.272 e. The summed E-state index contributed by atoms with van der Waals surface area (Å²) < 4.78 is 7.05. The quantitative estimate of drug-likeness (QED) is 0.447. The third-order valence-electron chi connectivity index (χ3n) is 5.01. The molecular formula is C21H27ClN6O3S2. The molecule has 2 aromatic heterocycles. The number of aromatic nitrogens is 4. The summed E-state index contributed by atoms with van der Waals surface area (Å²) in [5, 5.41) is 16.3. The number of hydrogen-bond donors (Lipinski definition) is 3. The summed E-state index contributed by atoms with van der Waals surface area (Å²) in [7, 11) is 0. The molecule has 0 radical (unpaired) electrons. The van der Waals surface area contributed by atoms with E-state index < -0.39 is 11.9 Å². The molecule has 0 aliphatic carbocycles.